The van der Waals surface area contributed by atoms with Crippen LogP contribution in [-0.2, 0) is 0 Å². The predicted molar refractivity (Wildman–Crippen MR) is 63.3 cm³/mol. The fourth-order valence-electron chi connectivity index (χ4n) is 1.35. The average Bonchev–Trinajstić information content (AvgIpc) is 2.17. The SMILES string of the molecule is O=[N+]([O-])c1cc(I)c2ccccc2c1. The Kier molecular flexibility index (Phi) is 2.37. The van der Waals surface area contributed by atoms with E-state index in [1.165, 1.54) is 0 Å². The Labute approximate surface area is 94.0 Å². The Morgan fingerprint density at radius 1 is 1.21 bits per heavy atom. The van der Waals surface area contributed by atoms with Gasteiger partial charge in [0.2, 0.25) is 0 Å². The van der Waals surface area contributed by atoms with E-state index in [0.29, 0.717) is 0 Å². The van der Waals surface area contributed by atoms with Gasteiger partial charge in [0.1, 0.15) is 0 Å². The molecule has 0 heterocycles. The number of nitro benzene ring substituents is 1. The Balaban J connectivity index is 2.78. The van der Waals surface area contributed by atoms with Crippen molar-refractivity contribution in [2.45, 2.75) is 0 Å². The highest BCUT2D eigenvalue weighted by Gasteiger charge is 2.08. The van der Waals surface area contributed by atoms with Gasteiger partial charge in [-0.25, -0.2) is 0 Å². The lowest BCUT2D eigenvalue weighted by atomic mass is 10.1. The Bertz CT molecular complexity index is 510. The quantitative estimate of drug-likeness (QED) is 0.460. The number of benzene rings is 2. The lowest BCUT2D eigenvalue weighted by Gasteiger charge is -2.00. The van der Waals surface area contributed by atoms with Crippen LogP contribution in [0.25, 0.3) is 10.8 Å². The number of hydrogen-bond acceptors (Lipinski definition) is 2. The van der Waals surface area contributed by atoms with E-state index in [-0.39, 0.29) is 10.6 Å². The van der Waals surface area contributed by atoms with E-state index < -0.39 is 0 Å². The standard InChI is InChI=1S/C10H6INO2/c11-10-6-8(12(13)14)5-7-3-1-2-4-9(7)10/h1-6H. The number of rotatable bonds is 1. The number of non-ortho nitro benzene ring substituents is 1. The van der Waals surface area contributed by atoms with Gasteiger partial charge in [0.05, 0.1) is 4.92 Å². The molecule has 70 valence electrons. The third kappa shape index (κ3) is 1.57. The molecule has 0 bridgehead atoms. The summed E-state index contributed by atoms with van der Waals surface area (Å²) in [6, 6.07) is 10.8. The van der Waals surface area contributed by atoms with Crippen LogP contribution in [-0.4, -0.2) is 4.92 Å². The molecule has 2 aromatic carbocycles. The molecule has 0 unspecified atom stereocenters. The topological polar surface area (TPSA) is 43.1 Å². The summed E-state index contributed by atoms with van der Waals surface area (Å²) in [4.78, 5) is 10.2. The summed E-state index contributed by atoms with van der Waals surface area (Å²) >= 11 is 2.11. The van der Waals surface area contributed by atoms with Crippen molar-refractivity contribution in [3.63, 3.8) is 0 Å². The molecular formula is C10H6INO2. The summed E-state index contributed by atoms with van der Waals surface area (Å²) < 4.78 is 0.910. The molecule has 0 aliphatic heterocycles. The van der Waals surface area contributed by atoms with Crippen molar-refractivity contribution >= 4 is 39.1 Å². The van der Waals surface area contributed by atoms with Crippen LogP contribution in [0.5, 0.6) is 0 Å². The molecule has 0 saturated carbocycles. The molecule has 2 rings (SSSR count). The minimum absolute atomic E-state index is 0.146. The second-order valence-corrected chi connectivity index (χ2v) is 4.07. The fraction of sp³-hybridized carbons (Fsp3) is 0. The van der Waals surface area contributed by atoms with Crippen LogP contribution in [0.15, 0.2) is 36.4 Å². The molecule has 0 aliphatic carbocycles. The first-order valence-electron chi connectivity index (χ1n) is 4.01. The summed E-state index contributed by atoms with van der Waals surface area (Å²) in [5, 5.41) is 12.6. The predicted octanol–water partition coefficient (Wildman–Crippen LogP) is 3.35. The first-order valence-corrected chi connectivity index (χ1v) is 5.09. The number of nitro groups is 1. The molecule has 4 heteroatoms. The third-order valence-electron chi connectivity index (χ3n) is 2.01. The van der Waals surface area contributed by atoms with Gasteiger partial charge in [-0.15, -0.1) is 0 Å². The number of hydrogen-bond donors (Lipinski definition) is 0. The minimum atomic E-state index is -0.366. The van der Waals surface area contributed by atoms with Crippen molar-refractivity contribution in [3.8, 4) is 0 Å². The highest BCUT2D eigenvalue weighted by atomic mass is 127. The summed E-state index contributed by atoms with van der Waals surface area (Å²) in [6.07, 6.45) is 0. The molecule has 14 heavy (non-hydrogen) atoms. The molecule has 0 radical (unpaired) electrons. The molecular weight excluding hydrogens is 293 g/mol. The van der Waals surface area contributed by atoms with Crippen molar-refractivity contribution in [3.05, 3.63) is 50.1 Å². The number of halogens is 1. The van der Waals surface area contributed by atoms with Crippen LogP contribution in [0.2, 0.25) is 0 Å². The van der Waals surface area contributed by atoms with E-state index in [4.69, 9.17) is 0 Å². The highest BCUT2D eigenvalue weighted by Crippen LogP contribution is 2.26. The Morgan fingerprint density at radius 2 is 1.93 bits per heavy atom. The summed E-state index contributed by atoms with van der Waals surface area (Å²) in [7, 11) is 0. The maximum absolute atomic E-state index is 10.6. The maximum atomic E-state index is 10.6. The van der Waals surface area contributed by atoms with Crippen molar-refractivity contribution < 1.29 is 4.92 Å². The van der Waals surface area contributed by atoms with Crippen LogP contribution in [0.4, 0.5) is 5.69 Å². The number of fused-ring (bicyclic) bond motifs is 1. The van der Waals surface area contributed by atoms with Crippen molar-refractivity contribution in [2.24, 2.45) is 0 Å². The van der Waals surface area contributed by atoms with Crippen LogP contribution in [0.1, 0.15) is 0 Å². The van der Waals surface area contributed by atoms with E-state index in [9.17, 15) is 10.1 Å². The van der Waals surface area contributed by atoms with Gasteiger partial charge in [-0.2, -0.15) is 0 Å². The molecule has 0 N–H and O–H groups in total. The summed E-state index contributed by atoms with van der Waals surface area (Å²) in [5.74, 6) is 0. The lowest BCUT2D eigenvalue weighted by Crippen LogP contribution is -1.89. The van der Waals surface area contributed by atoms with Crippen LogP contribution >= 0.6 is 22.6 Å². The minimum Gasteiger partial charge on any atom is -0.258 e. The van der Waals surface area contributed by atoms with Crippen molar-refractivity contribution in [1.82, 2.24) is 0 Å². The fourth-order valence-corrected chi connectivity index (χ4v) is 2.16. The molecule has 2 aromatic rings. The van der Waals surface area contributed by atoms with Gasteiger partial charge in [-0.1, -0.05) is 24.3 Å². The zero-order valence-electron chi connectivity index (χ0n) is 7.11. The molecule has 0 amide bonds. The van der Waals surface area contributed by atoms with Gasteiger partial charge in [0.15, 0.2) is 0 Å². The van der Waals surface area contributed by atoms with Gasteiger partial charge in [-0.3, -0.25) is 10.1 Å². The maximum Gasteiger partial charge on any atom is 0.271 e. The average molecular weight is 299 g/mol. The zero-order chi connectivity index (χ0) is 10.1. The molecule has 0 fully saturated rings. The van der Waals surface area contributed by atoms with E-state index >= 15 is 0 Å². The molecule has 0 atom stereocenters. The third-order valence-corrected chi connectivity index (χ3v) is 2.90. The van der Waals surface area contributed by atoms with E-state index in [1.54, 1.807) is 12.1 Å². The van der Waals surface area contributed by atoms with E-state index in [2.05, 4.69) is 22.6 Å². The Morgan fingerprint density at radius 3 is 2.64 bits per heavy atom. The van der Waals surface area contributed by atoms with Crippen LogP contribution in [0.3, 0.4) is 0 Å². The summed E-state index contributed by atoms with van der Waals surface area (Å²) in [6.45, 7) is 0. The zero-order valence-corrected chi connectivity index (χ0v) is 9.26. The van der Waals surface area contributed by atoms with Crippen molar-refractivity contribution in [2.75, 3.05) is 0 Å². The van der Waals surface area contributed by atoms with Crippen molar-refractivity contribution in [1.29, 1.82) is 0 Å². The second kappa shape index (κ2) is 3.53. The normalized spacial score (nSPS) is 10.4. The van der Waals surface area contributed by atoms with Gasteiger partial charge in [0.25, 0.3) is 5.69 Å². The molecule has 0 spiro atoms. The molecule has 0 saturated heterocycles. The largest absolute Gasteiger partial charge is 0.271 e. The summed E-state index contributed by atoms with van der Waals surface area (Å²) in [5.41, 5.74) is 0.146. The second-order valence-electron chi connectivity index (χ2n) is 2.91. The Hall–Kier alpha value is -1.17. The lowest BCUT2D eigenvalue weighted by molar-refractivity contribution is -0.384. The van der Waals surface area contributed by atoms with Crippen LogP contribution in [0, 0.1) is 13.7 Å². The van der Waals surface area contributed by atoms with E-state index in [0.717, 1.165) is 14.3 Å². The molecule has 3 nitrogen and oxygen atoms in total. The first kappa shape index (κ1) is 9.39. The van der Waals surface area contributed by atoms with Gasteiger partial charge < -0.3 is 0 Å². The van der Waals surface area contributed by atoms with Gasteiger partial charge >= 0.3 is 0 Å². The smallest absolute Gasteiger partial charge is 0.258 e. The van der Waals surface area contributed by atoms with Gasteiger partial charge in [-0.05, 0) is 33.4 Å². The first-order chi connectivity index (χ1) is 6.68. The van der Waals surface area contributed by atoms with Crippen LogP contribution < -0.4 is 0 Å². The molecule has 0 aliphatic rings. The van der Waals surface area contributed by atoms with Gasteiger partial charge in [0, 0.05) is 15.7 Å². The molecule has 0 aromatic heterocycles. The number of nitrogens with zero attached hydrogens (tertiary/aromatic N) is 1. The monoisotopic (exact) mass is 299 g/mol. The highest BCUT2D eigenvalue weighted by molar-refractivity contribution is 14.1. The van der Waals surface area contributed by atoms with E-state index in [1.807, 2.05) is 24.3 Å².